The van der Waals surface area contributed by atoms with Gasteiger partial charge in [-0.3, -0.25) is 4.79 Å². The van der Waals surface area contributed by atoms with Crippen molar-refractivity contribution >= 4 is 5.91 Å². The second kappa shape index (κ2) is 6.06. The number of methoxy groups -OCH3 is 1. The highest BCUT2D eigenvalue weighted by Gasteiger charge is 2.23. The molecule has 0 aliphatic heterocycles. The first kappa shape index (κ1) is 13.9. The van der Waals surface area contributed by atoms with Gasteiger partial charge in [-0.2, -0.15) is 0 Å². The van der Waals surface area contributed by atoms with Gasteiger partial charge in [0.15, 0.2) is 0 Å². The maximum Gasteiger partial charge on any atom is 0.255 e. The second-order valence-corrected chi connectivity index (χ2v) is 5.25. The van der Waals surface area contributed by atoms with Gasteiger partial charge in [-0.05, 0) is 44.2 Å². The minimum atomic E-state index is -0.199. The van der Waals surface area contributed by atoms with Crippen molar-refractivity contribution in [2.45, 2.75) is 32.3 Å². The van der Waals surface area contributed by atoms with Crippen molar-refractivity contribution in [3.63, 3.8) is 0 Å². The van der Waals surface area contributed by atoms with Gasteiger partial charge in [0.05, 0.1) is 18.8 Å². The second-order valence-electron chi connectivity index (χ2n) is 5.25. The first-order valence-electron chi connectivity index (χ1n) is 6.71. The molecule has 0 heterocycles. The Bertz CT molecular complexity index is 459. The minimum absolute atomic E-state index is 0.109. The number of hydrogen-bond donors (Lipinski definition) is 2. The topological polar surface area (TPSA) is 58.6 Å². The van der Waals surface area contributed by atoms with Crippen LogP contribution in [0.5, 0.6) is 5.75 Å². The van der Waals surface area contributed by atoms with Crippen LogP contribution in [-0.4, -0.2) is 30.8 Å². The van der Waals surface area contributed by atoms with Crippen LogP contribution in [0, 0.1) is 12.8 Å². The van der Waals surface area contributed by atoms with Gasteiger partial charge in [0, 0.05) is 6.54 Å². The summed E-state index contributed by atoms with van der Waals surface area (Å²) in [7, 11) is 1.56. The maximum atomic E-state index is 12.2. The van der Waals surface area contributed by atoms with E-state index in [0.29, 0.717) is 23.8 Å². The van der Waals surface area contributed by atoms with Crippen LogP contribution in [0.2, 0.25) is 0 Å². The van der Waals surface area contributed by atoms with E-state index >= 15 is 0 Å². The molecule has 104 valence electrons. The smallest absolute Gasteiger partial charge is 0.255 e. The first-order chi connectivity index (χ1) is 9.10. The Hall–Kier alpha value is -1.55. The van der Waals surface area contributed by atoms with E-state index in [-0.39, 0.29) is 12.0 Å². The summed E-state index contributed by atoms with van der Waals surface area (Å²) in [4.78, 5) is 12.2. The average Bonchev–Trinajstić information content (AvgIpc) is 2.81. The summed E-state index contributed by atoms with van der Waals surface area (Å²) in [5, 5.41) is 12.4. The predicted molar refractivity (Wildman–Crippen MR) is 73.4 cm³/mol. The lowest BCUT2D eigenvalue weighted by Gasteiger charge is -2.13. The van der Waals surface area contributed by atoms with Crippen molar-refractivity contribution in [3.8, 4) is 5.75 Å². The highest BCUT2D eigenvalue weighted by molar-refractivity contribution is 5.97. The zero-order valence-corrected chi connectivity index (χ0v) is 11.5. The van der Waals surface area contributed by atoms with Crippen LogP contribution in [0.25, 0.3) is 0 Å². The van der Waals surface area contributed by atoms with Gasteiger partial charge in [0.25, 0.3) is 5.91 Å². The Labute approximate surface area is 113 Å². The fourth-order valence-electron chi connectivity index (χ4n) is 2.57. The molecule has 1 aromatic rings. The van der Waals surface area contributed by atoms with Crippen LogP contribution in [0.15, 0.2) is 18.2 Å². The molecule has 0 spiro atoms. The van der Waals surface area contributed by atoms with Crippen molar-refractivity contribution in [2.24, 2.45) is 5.92 Å². The van der Waals surface area contributed by atoms with Gasteiger partial charge >= 0.3 is 0 Å². The van der Waals surface area contributed by atoms with Crippen LogP contribution in [0.1, 0.15) is 35.2 Å². The van der Waals surface area contributed by atoms with E-state index in [1.54, 1.807) is 7.11 Å². The summed E-state index contributed by atoms with van der Waals surface area (Å²) < 4.78 is 5.21. The summed E-state index contributed by atoms with van der Waals surface area (Å²) in [6, 6.07) is 5.56. The van der Waals surface area contributed by atoms with Gasteiger partial charge in [-0.15, -0.1) is 0 Å². The van der Waals surface area contributed by atoms with Crippen molar-refractivity contribution in [2.75, 3.05) is 13.7 Å². The number of rotatable bonds is 4. The quantitative estimate of drug-likeness (QED) is 0.872. The molecule has 1 saturated carbocycles. The van der Waals surface area contributed by atoms with Crippen LogP contribution in [-0.2, 0) is 0 Å². The monoisotopic (exact) mass is 263 g/mol. The third-order valence-corrected chi connectivity index (χ3v) is 3.66. The third-order valence-electron chi connectivity index (χ3n) is 3.66. The van der Waals surface area contributed by atoms with E-state index in [1.165, 1.54) is 0 Å². The Kier molecular flexibility index (Phi) is 4.43. The molecular weight excluding hydrogens is 242 g/mol. The minimum Gasteiger partial charge on any atom is -0.496 e. The van der Waals surface area contributed by atoms with E-state index in [2.05, 4.69) is 5.32 Å². The van der Waals surface area contributed by atoms with Crippen LogP contribution in [0.3, 0.4) is 0 Å². The molecule has 2 rings (SSSR count). The molecule has 4 heteroatoms. The van der Waals surface area contributed by atoms with Crippen molar-refractivity contribution in [1.29, 1.82) is 0 Å². The number of hydrogen-bond acceptors (Lipinski definition) is 3. The van der Waals surface area contributed by atoms with E-state index in [0.717, 1.165) is 24.8 Å². The Morgan fingerprint density at radius 1 is 1.47 bits per heavy atom. The fraction of sp³-hybridized carbons (Fsp3) is 0.533. The first-order valence-corrected chi connectivity index (χ1v) is 6.71. The molecule has 1 fully saturated rings. The number of aliphatic hydroxyl groups excluding tert-OH is 1. The molecule has 0 saturated heterocycles. The van der Waals surface area contributed by atoms with Gasteiger partial charge < -0.3 is 15.2 Å². The van der Waals surface area contributed by atoms with E-state index in [1.807, 2.05) is 25.1 Å². The van der Waals surface area contributed by atoms with Crippen LogP contribution >= 0.6 is 0 Å². The third kappa shape index (κ3) is 3.47. The van der Waals surface area contributed by atoms with E-state index < -0.39 is 0 Å². The maximum absolute atomic E-state index is 12.2. The highest BCUT2D eigenvalue weighted by atomic mass is 16.5. The number of benzene rings is 1. The molecule has 1 aliphatic carbocycles. The lowest BCUT2D eigenvalue weighted by Crippen LogP contribution is -2.29. The molecular formula is C15H21NO3. The summed E-state index contributed by atoms with van der Waals surface area (Å²) in [5.74, 6) is 0.867. The van der Waals surface area contributed by atoms with Gasteiger partial charge in [0.2, 0.25) is 0 Å². The predicted octanol–water partition coefficient (Wildman–Crippen LogP) is 1.89. The lowest BCUT2D eigenvalue weighted by atomic mass is 10.1. The molecule has 19 heavy (non-hydrogen) atoms. The Morgan fingerprint density at radius 3 is 2.89 bits per heavy atom. The molecule has 2 atom stereocenters. The molecule has 0 radical (unpaired) electrons. The normalized spacial score (nSPS) is 22.3. The molecule has 1 aromatic carbocycles. The largest absolute Gasteiger partial charge is 0.496 e. The van der Waals surface area contributed by atoms with Crippen molar-refractivity contribution in [3.05, 3.63) is 29.3 Å². The fourth-order valence-corrected chi connectivity index (χ4v) is 2.57. The number of ether oxygens (including phenoxy) is 1. The van der Waals surface area contributed by atoms with Crippen molar-refractivity contribution in [1.82, 2.24) is 5.32 Å². The zero-order valence-electron chi connectivity index (χ0n) is 11.5. The highest BCUT2D eigenvalue weighted by Crippen LogP contribution is 2.25. The van der Waals surface area contributed by atoms with Crippen molar-refractivity contribution < 1.29 is 14.6 Å². The summed E-state index contributed by atoms with van der Waals surface area (Å²) >= 11 is 0. The van der Waals surface area contributed by atoms with Gasteiger partial charge in [-0.1, -0.05) is 11.6 Å². The summed E-state index contributed by atoms with van der Waals surface area (Å²) in [6.07, 6.45) is 2.40. The lowest BCUT2D eigenvalue weighted by molar-refractivity contribution is 0.0942. The van der Waals surface area contributed by atoms with Gasteiger partial charge in [-0.25, -0.2) is 0 Å². The molecule has 1 aliphatic rings. The van der Waals surface area contributed by atoms with Gasteiger partial charge in [0.1, 0.15) is 5.75 Å². The Morgan fingerprint density at radius 2 is 2.26 bits per heavy atom. The number of carbonyl (C=O) groups is 1. The number of aryl methyl sites for hydroxylation is 1. The average molecular weight is 263 g/mol. The molecule has 0 aromatic heterocycles. The Balaban J connectivity index is 1.97. The van der Waals surface area contributed by atoms with Crippen LogP contribution < -0.4 is 10.1 Å². The number of carbonyl (C=O) groups excluding carboxylic acids is 1. The number of amides is 1. The molecule has 2 unspecified atom stereocenters. The zero-order chi connectivity index (χ0) is 13.8. The summed E-state index contributed by atoms with van der Waals surface area (Å²) in [6.45, 7) is 2.57. The molecule has 4 nitrogen and oxygen atoms in total. The number of nitrogens with one attached hydrogen (secondary N) is 1. The number of aliphatic hydroxyl groups is 1. The molecule has 2 N–H and O–H groups in total. The van der Waals surface area contributed by atoms with E-state index in [9.17, 15) is 9.90 Å². The molecule has 0 bridgehead atoms. The molecule has 1 amide bonds. The van der Waals surface area contributed by atoms with E-state index in [4.69, 9.17) is 4.74 Å². The van der Waals surface area contributed by atoms with Crippen LogP contribution in [0.4, 0.5) is 0 Å². The standard InChI is InChI=1S/C15H21NO3/c1-10-3-6-14(19-2)13(7-10)15(18)16-9-11-4-5-12(17)8-11/h3,6-7,11-12,17H,4-5,8-9H2,1-2H3,(H,16,18). The SMILES string of the molecule is COc1ccc(C)cc1C(=O)NCC1CCC(O)C1. The summed E-state index contributed by atoms with van der Waals surface area (Å²) in [5.41, 5.74) is 1.60.